The van der Waals surface area contributed by atoms with Crippen molar-refractivity contribution < 1.29 is 18.7 Å². The van der Waals surface area contributed by atoms with Crippen LogP contribution in [0.2, 0.25) is 10.0 Å². The van der Waals surface area contributed by atoms with Gasteiger partial charge in [0.05, 0.1) is 30.5 Å². The SMILES string of the molecule is COc1ccc(-c2coc3cc(OC)c(/C(C)=C/C(=O)Nc4ccc(Cl)c(Cl)c4)cc23)cc1. The Balaban J connectivity index is 1.68. The summed E-state index contributed by atoms with van der Waals surface area (Å²) < 4.78 is 16.6. The van der Waals surface area contributed by atoms with Crippen LogP contribution >= 0.6 is 23.2 Å². The zero-order chi connectivity index (χ0) is 23.5. The molecule has 3 aromatic carbocycles. The fourth-order valence-electron chi connectivity index (χ4n) is 3.55. The number of rotatable bonds is 6. The lowest BCUT2D eigenvalue weighted by Crippen LogP contribution is -2.08. The van der Waals surface area contributed by atoms with Gasteiger partial charge in [0.2, 0.25) is 5.91 Å². The zero-order valence-corrected chi connectivity index (χ0v) is 19.8. The number of ether oxygens (including phenoxy) is 2. The van der Waals surface area contributed by atoms with E-state index in [1.165, 1.54) is 6.08 Å². The van der Waals surface area contributed by atoms with Crippen LogP contribution in [0.5, 0.6) is 11.5 Å². The van der Waals surface area contributed by atoms with Crippen LogP contribution in [0.4, 0.5) is 5.69 Å². The average molecular weight is 482 g/mol. The molecule has 4 aromatic rings. The van der Waals surface area contributed by atoms with Crippen LogP contribution in [0.1, 0.15) is 12.5 Å². The fraction of sp³-hybridized carbons (Fsp3) is 0.115. The van der Waals surface area contributed by atoms with Gasteiger partial charge in [0, 0.05) is 34.3 Å². The average Bonchev–Trinajstić information content (AvgIpc) is 3.23. The molecule has 1 aromatic heterocycles. The zero-order valence-electron chi connectivity index (χ0n) is 18.2. The third-order valence-electron chi connectivity index (χ3n) is 5.26. The Kier molecular flexibility index (Phi) is 6.63. The van der Waals surface area contributed by atoms with Gasteiger partial charge in [0.15, 0.2) is 0 Å². The van der Waals surface area contributed by atoms with E-state index in [4.69, 9.17) is 37.1 Å². The molecule has 0 aliphatic rings. The Morgan fingerprint density at radius 2 is 1.73 bits per heavy atom. The van der Waals surface area contributed by atoms with Gasteiger partial charge in [-0.2, -0.15) is 0 Å². The summed E-state index contributed by atoms with van der Waals surface area (Å²) in [6, 6.07) is 16.5. The molecular weight excluding hydrogens is 461 g/mol. The predicted molar refractivity (Wildman–Crippen MR) is 133 cm³/mol. The monoisotopic (exact) mass is 481 g/mol. The van der Waals surface area contributed by atoms with E-state index in [1.54, 1.807) is 38.7 Å². The van der Waals surface area contributed by atoms with Gasteiger partial charge in [-0.15, -0.1) is 0 Å². The first-order valence-corrected chi connectivity index (χ1v) is 10.8. The van der Waals surface area contributed by atoms with Gasteiger partial charge >= 0.3 is 0 Å². The first-order chi connectivity index (χ1) is 15.9. The van der Waals surface area contributed by atoms with Crippen molar-refractivity contribution in [2.75, 3.05) is 19.5 Å². The Morgan fingerprint density at radius 1 is 0.970 bits per heavy atom. The number of anilines is 1. The smallest absolute Gasteiger partial charge is 0.248 e. The summed E-state index contributed by atoms with van der Waals surface area (Å²) in [5, 5.41) is 4.50. The number of nitrogens with one attached hydrogen (secondary N) is 1. The number of hydrogen-bond acceptors (Lipinski definition) is 4. The predicted octanol–water partition coefficient (Wildman–Crippen LogP) is 7.47. The van der Waals surface area contributed by atoms with Crippen molar-refractivity contribution >= 4 is 51.3 Å². The maximum absolute atomic E-state index is 12.6. The first-order valence-electron chi connectivity index (χ1n) is 10.1. The van der Waals surface area contributed by atoms with E-state index in [0.29, 0.717) is 27.1 Å². The number of furan rings is 1. The van der Waals surface area contributed by atoms with Crippen molar-refractivity contribution in [1.29, 1.82) is 0 Å². The Labute approximate surface area is 201 Å². The Bertz CT molecular complexity index is 1360. The maximum Gasteiger partial charge on any atom is 0.248 e. The first kappa shape index (κ1) is 22.8. The van der Waals surface area contributed by atoms with Gasteiger partial charge < -0.3 is 19.2 Å². The molecule has 0 atom stereocenters. The molecule has 0 unspecified atom stereocenters. The lowest BCUT2D eigenvalue weighted by atomic mass is 9.99. The highest BCUT2D eigenvalue weighted by Crippen LogP contribution is 2.37. The third kappa shape index (κ3) is 4.85. The number of amides is 1. The van der Waals surface area contributed by atoms with Gasteiger partial charge in [-0.05, 0) is 54.5 Å². The molecule has 5 nitrogen and oxygen atoms in total. The topological polar surface area (TPSA) is 60.7 Å². The third-order valence-corrected chi connectivity index (χ3v) is 6.00. The number of benzene rings is 3. The van der Waals surface area contributed by atoms with Crippen LogP contribution in [-0.4, -0.2) is 20.1 Å². The van der Waals surface area contributed by atoms with E-state index in [0.717, 1.165) is 33.4 Å². The minimum atomic E-state index is -0.296. The molecule has 1 amide bonds. The lowest BCUT2D eigenvalue weighted by molar-refractivity contribution is -0.111. The second-order valence-corrected chi connectivity index (χ2v) is 8.19. The molecule has 4 rings (SSSR count). The van der Waals surface area contributed by atoms with Gasteiger partial charge in [0.25, 0.3) is 0 Å². The summed E-state index contributed by atoms with van der Waals surface area (Å²) in [4.78, 5) is 12.6. The van der Waals surface area contributed by atoms with Crippen molar-refractivity contribution in [3.8, 4) is 22.6 Å². The van der Waals surface area contributed by atoms with Gasteiger partial charge in [-0.25, -0.2) is 0 Å². The Hall–Kier alpha value is -3.41. The molecule has 0 spiro atoms. The number of carbonyl (C=O) groups excluding carboxylic acids is 1. The maximum atomic E-state index is 12.6. The number of allylic oxidation sites excluding steroid dienone is 1. The molecule has 0 radical (unpaired) electrons. The molecule has 33 heavy (non-hydrogen) atoms. The van der Waals surface area contributed by atoms with Gasteiger partial charge in [0.1, 0.15) is 17.1 Å². The van der Waals surface area contributed by atoms with Crippen molar-refractivity contribution in [3.05, 3.63) is 82.5 Å². The van der Waals surface area contributed by atoms with E-state index in [9.17, 15) is 4.79 Å². The molecule has 1 heterocycles. The molecule has 0 aliphatic carbocycles. The number of halogens is 2. The number of methoxy groups -OCH3 is 2. The van der Waals surface area contributed by atoms with E-state index in [2.05, 4.69) is 5.32 Å². The molecule has 7 heteroatoms. The molecule has 168 valence electrons. The molecule has 0 saturated heterocycles. The Morgan fingerprint density at radius 3 is 2.39 bits per heavy atom. The highest BCUT2D eigenvalue weighted by molar-refractivity contribution is 6.42. The van der Waals surface area contributed by atoms with Crippen molar-refractivity contribution in [2.45, 2.75) is 6.92 Å². The molecule has 1 N–H and O–H groups in total. The van der Waals surface area contributed by atoms with Crippen molar-refractivity contribution in [2.24, 2.45) is 0 Å². The summed E-state index contributed by atoms with van der Waals surface area (Å²) in [5.41, 5.74) is 4.68. The molecule has 0 aliphatic heterocycles. The van der Waals surface area contributed by atoms with Crippen LogP contribution in [0.15, 0.2) is 71.4 Å². The standard InChI is InChI=1S/C26H21Cl2NO4/c1-15(10-26(30)29-17-6-9-22(27)23(28)11-17)19-12-20-21(14-33-25(20)13-24(19)32-3)16-4-7-18(31-2)8-5-16/h4-14H,1-3H3,(H,29,30)/b15-10+. The van der Waals surface area contributed by atoms with Gasteiger partial charge in [-0.1, -0.05) is 35.3 Å². The second kappa shape index (κ2) is 9.61. The number of hydrogen-bond donors (Lipinski definition) is 1. The summed E-state index contributed by atoms with van der Waals surface area (Å²) >= 11 is 12.0. The summed E-state index contributed by atoms with van der Waals surface area (Å²) in [6.07, 6.45) is 3.23. The van der Waals surface area contributed by atoms with Crippen molar-refractivity contribution in [1.82, 2.24) is 0 Å². The van der Waals surface area contributed by atoms with Crippen LogP contribution in [-0.2, 0) is 4.79 Å². The fourth-order valence-corrected chi connectivity index (χ4v) is 3.85. The minimum absolute atomic E-state index is 0.296. The number of fused-ring (bicyclic) bond motifs is 1. The number of carbonyl (C=O) groups is 1. The normalized spacial score (nSPS) is 11.5. The lowest BCUT2D eigenvalue weighted by Gasteiger charge is -2.10. The summed E-state index contributed by atoms with van der Waals surface area (Å²) in [6.45, 7) is 1.85. The highest BCUT2D eigenvalue weighted by atomic mass is 35.5. The van der Waals surface area contributed by atoms with Crippen LogP contribution in [0.25, 0.3) is 27.7 Å². The van der Waals surface area contributed by atoms with Crippen LogP contribution in [0, 0.1) is 0 Å². The highest BCUT2D eigenvalue weighted by Gasteiger charge is 2.15. The van der Waals surface area contributed by atoms with Crippen LogP contribution in [0.3, 0.4) is 0 Å². The summed E-state index contributed by atoms with van der Waals surface area (Å²) in [5.74, 6) is 1.09. The van der Waals surface area contributed by atoms with Crippen LogP contribution < -0.4 is 14.8 Å². The van der Waals surface area contributed by atoms with E-state index in [1.807, 2.05) is 43.3 Å². The summed E-state index contributed by atoms with van der Waals surface area (Å²) in [7, 11) is 3.22. The minimum Gasteiger partial charge on any atom is -0.497 e. The van der Waals surface area contributed by atoms with E-state index in [-0.39, 0.29) is 5.91 Å². The molecule has 0 saturated carbocycles. The van der Waals surface area contributed by atoms with Crippen molar-refractivity contribution in [3.63, 3.8) is 0 Å². The molecular formula is C26H21Cl2NO4. The molecule has 0 fully saturated rings. The molecule has 0 bridgehead atoms. The quantitative estimate of drug-likeness (QED) is 0.290. The van der Waals surface area contributed by atoms with Gasteiger partial charge in [-0.3, -0.25) is 4.79 Å². The van der Waals surface area contributed by atoms with E-state index < -0.39 is 0 Å². The largest absolute Gasteiger partial charge is 0.497 e. The van der Waals surface area contributed by atoms with E-state index >= 15 is 0 Å². The second-order valence-electron chi connectivity index (χ2n) is 7.37.